The Bertz CT molecular complexity index is 1090. The minimum absolute atomic E-state index is 0. The van der Waals surface area contributed by atoms with Crippen LogP contribution in [0.2, 0.25) is 0 Å². The van der Waals surface area contributed by atoms with Crippen molar-refractivity contribution in [3.63, 3.8) is 0 Å². The molecule has 3 aromatic rings. The predicted octanol–water partition coefficient (Wildman–Crippen LogP) is 4.64. The van der Waals surface area contributed by atoms with Crippen molar-refractivity contribution in [3.05, 3.63) is 59.9 Å². The summed E-state index contributed by atoms with van der Waals surface area (Å²) in [5, 5.41) is 4.35. The van der Waals surface area contributed by atoms with E-state index < -0.39 is 18.3 Å². The van der Waals surface area contributed by atoms with Crippen molar-refractivity contribution in [2.75, 3.05) is 11.4 Å². The van der Waals surface area contributed by atoms with Crippen LogP contribution < -0.4 is 9.64 Å². The first-order valence-electron chi connectivity index (χ1n) is 8.91. The zero-order chi connectivity index (χ0) is 20.7. The van der Waals surface area contributed by atoms with Crippen LogP contribution >= 0.6 is 12.4 Å². The monoisotopic (exact) mass is 438 g/mol. The molecular formula is C20H18ClF3N4O2. The lowest BCUT2D eigenvalue weighted by Gasteiger charge is -2.32. The molecule has 0 N–H and O–H groups in total. The average Bonchev–Trinajstić information content (AvgIpc) is 3.09. The van der Waals surface area contributed by atoms with Crippen molar-refractivity contribution < 1.29 is 22.7 Å². The number of aromatic nitrogens is 3. The number of hydrogen-bond donors (Lipinski definition) is 0. The van der Waals surface area contributed by atoms with Crippen molar-refractivity contribution in [1.29, 1.82) is 0 Å². The number of hydrogen-bond acceptors (Lipinski definition) is 4. The molecule has 3 heterocycles. The van der Waals surface area contributed by atoms with E-state index in [0.29, 0.717) is 11.3 Å². The summed E-state index contributed by atoms with van der Waals surface area (Å²) in [5.41, 5.74) is 2.67. The highest BCUT2D eigenvalue weighted by Crippen LogP contribution is 2.34. The maximum atomic E-state index is 14.0. The molecule has 0 radical (unpaired) electrons. The van der Waals surface area contributed by atoms with Gasteiger partial charge in [-0.05, 0) is 37.6 Å². The van der Waals surface area contributed by atoms with Crippen LogP contribution in [0.1, 0.15) is 29.1 Å². The molecule has 0 fully saturated rings. The Balaban J connectivity index is 0.00000256. The number of ether oxygens (including phenoxy) is 1. The number of fused-ring (bicyclic) bond motifs is 1. The molecule has 0 aliphatic carbocycles. The SMILES string of the molecule is Cc1cc(-c2cnn3c2C(=O)N(c2cc(F)cc(OC(F)F)c2)C[C@@H]3C)ccn1.Cl. The number of aryl methyl sites for hydroxylation is 1. The molecule has 0 unspecified atom stereocenters. The standard InChI is InChI=1S/C20H17F3N4O2.ClH/c1-11-5-13(3-4-24-11)17-9-25-27-12(2)10-26(19(28)18(17)27)15-6-14(21)7-16(8-15)29-20(22)23;/h3-9,12,20H,10H2,1-2H3;1H/t12-;/m0./s1. The van der Waals surface area contributed by atoms with Gasteiger partial charge in [-0.1, -0.05) is 0 Å². The van der Waals surface area contributed by atoms with Crippen LogP contribution in [0.4, 0.5) is 18.9 Å². The van der Waals surface area contributed by atoms with Gasteiger partial charge in [0.25, 0.3) is 5.91 Å². The van der Waals surface area contributed by atoms with E-state index >= 15 is 0 Å². The summed E-state index contributed by atoms with van der Waals surface area (Å²) in [6, 6.07) is 6.60. The van der Waals surface area contributed by atoms with Crippen LogP contribution in [0, 0.1) is 12.7 Å². The fraction of sp³-hybridized carbons (Fsp3) is 0.250. The molecule has 6 nitrogen and oxygen atoms in total. The zero-order valence-corrected chi connectivity index (χ0v) is 16.9. The second-order valence-corrected chi connectivity index (χ2v) is 6.83. The average molecular weight is 439 g/mol. The molecule has 2 aromatic heterocycles. The molecule has 0 spiro atoms. The van der Waals surface area contributed by atoms with Crippen LogP contribution in [0.15, 0.2) is 42.7 Å². The second kappa shape index (κ2) is 8.35. The molecule has 4 rings (SSSR count). The molecule has 30 heavy (non-hydrogen) atoms. The molecular weight excluding hydrogens is 421 g/mol. The summed E-state index contributed by atoms with van der Waals surface area (Å²) < 4.78 is 45.0. The van der Waals surface area contributed by atoms with Crippen LogP contribution in [-0.4, -0.2) is 33.8 Å². The fourth-order valence-electron chi connectivity index (χ4n) is 3.48. The number of alkyl halides is 2. The number of amides is 1. The highest BCUT2D eigenvalue weighted by Gasteiger charge is 2.34. The van der Waals surface area contributed by atoms with Gasteiger partial charge in [-0.25, -0.2) is 4.39 Å². The Labute approximate surface area is 176 Å². The van der Waals surface area contributed by atoms with Gasteiger partial charge >= 0.3 is 6.61 Å². The van der Waals surface area contributed by atoms with Crippen LogP contribution in [0.5, 0.6) is 5.75 Å². The first-order valence-corrected chi connectivity index (χ1v) is 8.91. The maximum absolute atomic E-state index is 14.0. The van der Waals surface area contributed by atoms with Crippen molar-refractivity contribution in [3.8, 4) is 16.9 Å². The Hall–Kier alpha value is -3.07. The Kier molecular flexibility index (Phi) is 6.02. The van der Waals surface area contributed by atoms with Gasteiger partial charge in [0.05, 0.1) is 17.9 Å². The minimum Gasteiger partial charge on any atom is -0.435 e. The van der Waals surface area contributed by atoms with E-state index in [2.05, 4.69) is 14.8 Å². The molecule has 10 heteroatoms. The largest absolute Gasteiger partial charge is 0.435 e. The summed E-state index contributed by atoms with van der Waals surface area (Å²) >= 11 is 0. The Morgan fingerprint density at radius 1 is 1.23 bits per heavy atom. The number of benzene rings is 1. The molecule has 1 aliphatic heterocycles. The van der Waals surface area contributed by atoms with Crippen molar-refractivity contribution in [2.24, 2.45) is 0 Å². The van der Waals surface area contributed by atoms with Crippen LogP contribution in [0.25, 0.3) is 11.1 Å². The quantitative estimate of drug-likeness (QED) is 0.595. The van der Waals surface area contributed by atoms with Gasteiger partial charge in [0.15, 0.2) is 0 Å². The van der Waals surface area contributed by atoms with Crippen molar-refractivity contribution >= 4 is 24.0 Å². The lowest BCUT2D eigenvalue weighted by Crippen LogP contribution is -2.42. The lowest BCUT2D eigenvalue weighted by atomic mass is 10.0. The second-order valence-electron chi connectivity index (χ2n) is 6.83. The summed E-state index contributed by atoms with van der Waals surface area (Å²) in [7, 11) is 0. The smallest absolute Gasteiger partial charge is 0.387 e. The number of carbonyl (C=O) groups is 1. The normalized spacial score (nSPS) is 15.7. The van der Waals surface area contributed by atoms with Crippen molar-refractivity contribution in [1.82, 2.24) is 14.8 Å². The number of rotatable bonds is 4. The van der Waals surface area contributed by atoms with E-state index in [1.54, 1.807) is 23.1 Å². The fourth-order valence-corrected chi connectivity index (χ4v) is 3.48. The van der Waals surface area contributed by atoms with Gasteiger partial charge < -0.3 is 9.64 Å². The molecule has 1 amide bonds. The molecule has 0 saturated heterocycles. The van der Waals surface area contributed by atoms with Gasteiger partial charge in [-0.15, -0.1) is 12.4 Å². The van der Waals surface area contributed by atoms with E-state index in [1.807, 2.05) is 19.9 Å². The third-order valence-corrected chi connectivity index (χ3v) is 4.71. The molecule has 158 valence electrons. The van der Waals surface area contributed by atoms with E-state index in [4.69, 9.17) is 0 Å². The third kappa shape index (κ3) is 3.97. The van der Waals surface area contributed by atoms with Crippen LogP contribution in [0.3, 0.4) is 0 Å². The maximum Gasteiger partial charge on any atom is 0.387 e. The highest BCUT2D eigenvalue weighted by atomic mass is 35.5. The lowest BCUT2D eigenvalue weighted by molar-refractivity contribution is -0.0499. The molecule has 0 saturated carbocycles. The first kappa shape index (κ1) is 21.6. The zero-order valence-electron chi connectivity index (χ0n) is 16.1. The van der Waals surface area contributed by atoms with Gasteiger partial charge in [-0.3, -0.25) is 14.5 Å². The summed E-state index contributed by atoms with van der Waals surface area (Å²) in [6.07, 6.45) is 3.25. The van der Waals surface area contributed by atoms with E-state index in [-0.39, 0.29) is 36.4 Å². The van der Waals surface area contributed by atoms with Gasteiger partial charge in [0.2, 0.25) is 0 Å². The first-order chi connectivity index (χ1) is 13.8. The van der Waals surface area contributed by atoms with Gasteiger partial charge in [-0.2, -0.15) is 13.9 Å². The van der Waals surface area contributed by atoms with Gasteiger partial charge in [0.1, 0.15) is 17.3 Å². The molecule has 1 atom stereocenters. The van der Waals surface area contributed by atoms with E-state index in [1.165, 1.54) is 11.0 Å². The number of pyridine rings is 1. The predicted molar refractivity (Wildman–Crippen MR) is 107 cm³/mol. The number of carbonyl (C=O) groups excluding carboxylic acids is 1. The number of halogens is 4. The Morgan fingerprint density at radius 2 is 2.00 bits per heavy atom. The molecule has 1 aromatic carbocycles. The summed E-state index contributed by atoms with van der Waals surface area (Å²) in [5.74, 6) is -1.53. The number of anilines is 1. The topological polar surface area (TPSA) is 60.2 Å². The van der Waals surface area contributed by atoms with Crippen molar-refractivity contribution in [2.45, 2.75) is 26.5 Å². The highest BCUT2D eigenvalue weighted by molar-refractivity contribution is 6.09. The summed E-state index contributed by atoms with van der Waals surface area (Å²) in [4.78, 5) is 18.8. The van der Waals surface area contributed by atoms with E-state index in [0.717, 1.165) is 23.4 Å². The molecule has 1 aliphatic rings. The Morgan fingerprint density at radius 3 is 2.70 bits per heavy atom. The van der Waals surface area contributed by atoms with E-state index in [9.17, 15) is 18.0 Å². The third-order valence-electron chi connectivity index (χ3n) is 4.71. The molecule has 0 bridgehead atoms. The minimum atomic E-state index is -3.09. The summed E-state index contributed by atoms with van der Waals surface area (Å²) in [6.45, 7) is 0.824. The van der Waals surface area contributed by atoms with Gasteiger partial charge in [0, 0.05) is 36.1 Å². The number of nitrogens with zero attached hydrogens (tertiary/aromatic N) is 4. The van der Waals surface area contributed by atoms with Crippen LogP contribution in [-0.2, 0) is 0 Å².